The first kappa shape index (κ1) is 15.9. The monoisotopic (exact) mass is 336 g/mol. The van der Waals surface area contributed by atoms with Gasteiger partial charge >= 0.3 is 0 Å². The maximum absolute atomic E-state index is 12.5. The van der Waals surface area contributed by atoms with E-state index in [9.17, 15) is 10.1 Å². The maximum atomic E-state index is 12.5. The summed E-state index contributed by atoms with van der Waals surface area (Å²) in [5.74, 6) is -1.64. The molecule has 0 aliphatic carbocycles. The van der Waals surface area contributed by atoms with Gasteiger partial charge in [-0.05, 0) is 31.2 Å². The van der Waals surface area contributed by atoms with Crippen LogP contribution < -0.4 is 5.32 Å². The van der Waals surface area contributed by atoms with Gasteiger partial charge in [-0.2, -0.15) is 5.26 Å². The van der Waals surface area contributed by atoms with Crippen LogP contribution in [-0.2, 0) is 4.79 Å². The summed E-state index contributed by atoms with van der Waals surface area (Å²) in [5.41, 5.74) is 3.04. The van der Waals surface area contributed by atoms with E-state index in [0.29, 0.717) is 16.7 Å². The highest BCUT2D eigenvalue weighted by molar-refractivity contribution is 6.30. The van der Waals surface area contributed by atoms with Crippen molar-refractivity contribution < 1.29 is 4.79 Å². The number of carbonyl (C=O) groups excluding carboxylic acids is 1. The van der Waals surface area contributed by atoms with Crippen LogP contribution in [0.4, 0.5) is 5.69 Å². The molecule has 0 bridgehead atoms. The first-order valence-electron chi connectivity index (χ1n) is 7.28. The molecular weight excluding hydrogens is 324 g/mol. The Balaban J connectivity index is 1.93. The number of halogens is 1. The fourth-order valence-electron chi connectivity index (χ4n) is 2.27. The summed E-state index contributed by atoms with van der Waals surface area (Å²) >= 11 is 6.14. The highest BCUT2D eigenvalue weighted by atomic mass is 35.5. The lowest BCUT2D eigenvalue weighted by Crippen LogP contribution is -2.21. The predicted octanol–water partition coefficient (Wildman–Crippen LogP) is 3.84. The molecule has 0 saturated carbocycles. The molecule has 0 radical (unpaired) electrons. The lowest BCUT2D eigenvalue weighted by molar-refractivity contribution is -0.116. The topological polar surface area (TPSA) is 78.7 Å². The molecule has 0 aliphatic heterocycles. The SMILES string of the molecule is Cc1ccc(NC(=O)[C@@H](C#N)c2nc3ccccc3nc2Cl)cc1. The molecule has 0 aliphatic rings. The van der Waals surface area contributed by atoms with Gasteiger partial charge < -0.3 is 5.32 Å². The molecule has 0 fully saturated rings. The van der Waals surface area contributed by atoms with Crippen molar-refractivity contribution in [3.05, 3.63) is 64.9 Å². The van der Waals surface area contributed by atoms with Gasteiger partial charge in [-0.25, -0.2) is 9.97 Å². The zero-order chi connectivity index (χ0) is 17.1. The van der Waals surface area contributed by atoms with E-state index in [1.54, 1.807) is 24.3 Å². The number of fused-ring (bicyclic) bond motifs is 1. The summed E-state index contributed by atoms with van der Waals surface area (Å²) in [4.78, 5) is 21.0. The Morgan fingerprint density at radius 2 is 1.75 bits per heavy atom. The molecule has 1 heterocycles. The molecule has 1 aromatic heterocycles. The normalized spacial score (nSPS) is 11.7. The Morgan fingerprint density at radius 3 is 2.38 bits per heavy atom. The van der Waals surface area contributed by atoms with Gasteiger partial charge in [0, 0.05) is 5.69 Å². The number of nitrogens with zero attached hydrogens (tertiary/aromatic N) is 3. The zero-order valence-electron chi connectivity index (χ0n) is 12.8. The molecule has 24 heavy (non-hydrogen) atoms. The van der Waals surface area contributed by atoms with Crippen molar-refractivity contribution in [2.24, 2.45) is 0 Å². The number of carbonyl (C=O) groups is 1. The molecule has 5 nitrogen and oxygen atoms in total. The van der Waals surface area contributed by atoms with Gasteiger partial charge in [0.25, 0.3) is 0 Å². The molecule has 3 rings (SSSR count). The number of benzene rings is 2. The number of aromatic nitrogens is 2. The second kappa shape index (κ2) is 6.65. The summed E-state index contributed by atoms with van der Waals surface area (Å²) in [7, 11) is 0. The van der Waals surface area contributed by atoms with Gasteiger partial charge in [-0.1, -0.05) is 41.4 Å². The van der Waals surface area contributed by atoms with E-state index in [1.165, 1.54) is 0 Å². The molecule has 0 saturated heterocycles. The van der Waals surface area contributed by atoms with Crippen molar-refractivity contribution in [3.8, 4) is 6.07 Å². The standard InChI is InChI=1S/C18H13ClN4O/c1-11-6-8-12(9-7-11)21-18(24)13(10-20)16-17(19)23-15-5-3-2-4-14(15)22-16/h2-9,13H,1H3,(H,21,24)/t13-/m0/s1. The molecular formula is C18H13ClN4O. The number of aryl methyl sites for hydroxylation is 1. The molecule has 2 aromatic carbocycles. The van der Waals surface area contributed by atoms with Crippen LogP contribution in [0.1, 0.15) is 17.2 Å². The Kier molecular flexibility index (Phi) is 4.41. The van der Waals surface area contributed by atoms with Gasteiger partial charge in [0.1, 0.15) is 5.69 Å². The van der Waals surface area contributed by atoms with Gasteiger partial charge in [0.05, 0.1) is 17.1 Å². The van der Waals surface area contributed by atoms with Gasteiger partial charge in [-0.15, -0.1) is 0 Å². The summed E-state index contributed by atoms with van der Waals surface area (Å²) in [6.07, 6.45) is 0. The number of para-hydroxylation sites is 2. The molecule has 3 aromatic rings. The maximum Gasteiger partial charge on any atom is 0.248 e. The average molecular weight is 337 g/mol. The third kappa shape index (κ3) is 3.19. The Hall–Kier alpha value is -2.97. The summed E-state index contributed by atoms with van der Waals surface area (Å²) in [5, 5.41) is 12.2. The fourth-order valence-corrected chi connectivity index (χ4v) is 2.51. The van der Waals surface area contributed by atoms with E-state index >= 15 is 0 Å². The van der Waals surface area contributed by atoms with Crippen molar-refractivity contribution >= 4 is 34.2 Å². The van der Waals surface area contributed by atoms with Crippen LogP contribution in [-0.4, -0.2) is 15.9 Å². The van der Waals surface area contributed by atoms with E-state index in [0.717, 1.165) is 5.56 Å². The molecule has 0 spiro atoms. The molecule has 118 valence electrons. The highest BCUT2D eigenvalue weighted by Crippen LogP contribution is 2.25. The summed E-state index contributed by atoms with van der Waals surface area (Å²) in [6.45, 7) is 1.95. The smallest absolute Gasteiger partial charge is 0.248 e. The van der Waals surface area contributed by atoms with Crippen LogP contribution >= 0.6 is 11.6 Å². The minimum atomic E-state index is -1.14. The zero-order valence-corrected chi connectivity index (χ0v) is 13.6. The van der Waals surface area contributed by atoms with E-state index in [-0.39, 0.29) is 10.8 Å². The minimum Gasteiger partial charge on any atom is -0.325 e. The number of hydrogen-bond donors (Lipinski definition) is 1. The Labute approximate surface area is 143 Å². The van der Waals surface area contributed by atoms with Crippen LogP contribution in [0.2, 0.25) is 5.15 Å². The van der Waals surface area contributed by atoms with Crippen LogP contribution in [0.25, 0.3) is 11.0 Å². The minimum absolute atomic E-state index is 0.0549. The largest absolute Gasteiger partial charge is 0.325 e. The van der Waals surface area contributed by atoms with Crippen molar-refractivity contribution in [2.75, 3.05) is 5.32 Å². The van der Waals surface area contributed by atoms with Gasteiger partial charge in [-0.3, -0.25) is 4.79 Å². The molecule has 1 N–H and O–H groups in total. The summed E-state index contributed by atoms with van der Waals surface area (Å²) < 4.78 is 0. The van der Waals surface area contributed by atoms with Crippen LogP contribution in [0.5, 0.6) is 0 Å². The Bertz CT molecular complexity index is 947. The second-order valence-electron chi connectivity index (χ2n) is 5.31. The second-order valence-corrected chi connectivity index (χ2v) is 5.66. The number of hydrogen-bond acceptors (Lipinski definition) is 4. The van der Waals surface area contributed by atoms with Crippen LogP contribution in [0.15, 0.2) is 48.5 Å². The van der Waals surface area contributed by atoms with Crippen LogP contribution in [0, 0.1) is 18.3 Å². The van der Waals surface area contributed by atoms with E-state index < -0.39 is 11.8 Å². The van der Waals surface area contributed by atoms with E-state index in [4.69, 9.17) is 11.6 Å². The molecule has 6 heteroatoms. The summed E-state index contributed by atoms with van der Waals surface area (Å²) in [6, 6.07) is 16.4. The lowest BCUT2D eigenvalue weighted by Gasteiger charge is -2.12. The number of amides is 1. The number of rotatable bonds is 3. The lowest BCUT2D eigenvalue weighted by atomic mass is 10.1. The van der Waals surface area contributed by atoms with Crippen molar-refractivity contribution in [3.63, 3.8) is 0 Å². The van der Waals surface area contributed by atoms with Crippen molar-refractivity contribution in [2.45, 2.75) is 12.8 Å². The van der Waals surface area contributed by atoms with Crippen molar-refractivity contribution in [1.29, 1.82) is 5.26 Å². The third-order valence-corrected chi connectivity index (χ3v) is 3.81. The number of nitrogens with one attached hydrogen (secondary N) is 1. The van der Waals surface area contributed by atoms with E-state index in [1.807, 2.05) is 37.3 Å². The first-order valence-corrected chi connectivity index (χ1v) is 7.65. The van der Waals surface area contributed by atoms with E-state index in [2.05, 4.69) is 15.3 Å². The Morgan fingerprint density at radius 1 is 1.12 bits per heavy atom. The number of nitriles is 1. The van der Waals surface area contributed by atoms with Gasteiger partial charge in [0.2, 0.25) is 5.91 Å². The predicted molar refractivity (Wildman–Crippen MR) is 92.7 cm³/mol. The van der Waals surface area contributed by atoms with Crippen LogP contribution in [0.3, 0.4) is 0 Å². The highest BCUT2D eigenvalue weighted by Gasteiger charge is 2.25. The van der Waals surface area contributed by atoms with Crippen molar-refractivity contribution in [1.82, 2.24) is 9.97 Å². The third-order valence-electron chi connectivity index (χ3n) is 3.54. The number of anilines is 1. The fraction of sp³-hybridized carbons (Fsp3) is 0.111. The average Bonchev–Trinajstić information content (AvgIpc) is 2.58. The molecule has 1 atom stereocenters. The molecule has 0 unspecified atom stereocenters. The quantitative estimate of drug-likeness (QED) is 0.788. The molecule has 1 amide bonds. The first-order chi connectivity index (χ1) is 11.6. The van der Waals surface area contributed by atoms with Gasteiger partial charge in [0.15, 0.2) is 11.1 Å².